The molecule has 1 aromatic heterocycles. The summed E-state index contributed by atoms with van der Waals surface area (Å²) in [5, 5.41) is 17.8. The molecule has 10 heteroatoms. The predicted molar refractivity (Wildman–Crippen MR) is 151 cm³/mol. The van der Waals surface area contributed by atoms with E-state index in [9.17, 15) is 27.9 Å². The summed E-state index contributed by atoms with van der Waals surface area (Å²) in [6, 6.07) is 24.6. The highest BCUT2D eigenvalue weighted by Crippen LogP contribution is 2.27. The minimum atomic E-state index is -4.81. The van der Waals surface area contributed by atoms with E-state index in [0.717, 1.165) is 27.7 Å². The molecular weight excluding hydrogens is 547 g/mol. The Kier molecular flexibility index (Phi) is 7.71. The fourth-order valence-corrected chi connectivity index (χ4v) is 4.83. The number of carbonyl (C=O) groups is 2. The lowest BCUT2D eigenvalue weighted by Gasteiger charge is -2.16. The third-order valence-electron chi connectivity index (χ3n) is 6.89. The number of nitrogens with one attached hydrogen (secondary N) is 1. The van der Waals surface area contributed by atoms with Gasteiger partial charge in [-0.1, -0.05) is 54.6 Å². The van der Waals surface area contributed by atoms with E-state index in [1.165, 1.54) is 18.2 Å². The van der Waals surface area contributed by atoms with Gasteiger partial charge in [-0.15, -0.1) is 13.2 Å². The second-order valence-corrected chi connectivity index (χ2v) is 9.84. The van der Waals surface area contributed by atoms with Crippen molar-refractivity contribution >= 4 is 22.8 Å². The first kappa shape index (κ1) is 28.4. The second-order valence-electron chi connectivity index (χ2n) is 9.84. The van der Waals surface area contributed by atoms with Gasteiger partial charge >= 0.3 is 12.3 Å². The van der Waals surface area contributed by atoms with Crippen LogP contribution in [0, 0.1) is 6.92 Å². The van der Waals surface area contributed by atoms with Crippen LogP contribution < -0.4 is 10.1 Å². The molecule has 2 N–H and O–H groups in total. The smallest absolute Gasteiger partial charge is 0.478 e. The molecule has 42 heavy (non-hydrogen) atoms. The summed E-state index contributed by atoms with van der Waals surface area (Å²) in [7, 11) is 0. The van der Waals surface area contributed by atoms with Crippen LogP contribution in [0.4, 0.5) is 13.2 Å². The molecule has 214 valence electrons. The van der Waals surface area contributed by atoms with Crippen LogP contribution in [0.3, 0.4) is 0 Å². The van der Waals surface area contributed by atoms with Gasteiger partial charge in [0.1, 0.15) is 5.75 Å². The van der Waals surface area contributed by atoms with Crippen molar-refractivity contribution in [3.05, 3.63) is 119 Å². The largest absolute Gasteiger partial charge is 0.573 e. The van der Waals surface area contributed by atoms with Gasteiger partial charge in [0.15, 0.2) is 0 Å². The molecule has 0 saturated heterocycles. The van der Waals surface area contributed by atoms with Crippen LogP contribution in [0.25, 0.3) is 22.0 Å². The minimum Gasteiger partial charge on any atom is -0.478 e. The van der Waals surface area contributed by atoms with E-state index in [2.05, 4.69) is 15.2 Å². The van der Waals surface area contributed by atoms with Gasteiger partial charge in [-0.05, 0) is 72.5 Å². The summed E-state index contributed by atoms with van der Waals surface area (Å²) in [4.78, 5) is 24.6. The van der Waals surface area contributed by atoms with Crippen molar-refractivity contribution in [3.8, 4) is 16.9 Å². The zero-order chi connectivity index (χ0) is 30.0. The standard InChI is InChI=1S/C32H26F3N3O4/c1-19(23-6-5-7-25(16-23)42-32(33,34)35)36-30(39)24-14-15-29-28(17-24)20(2)37-38(29)18-21-10-12-22(13-11-21)26-8-3-4-9-27(26)31(40)41/h3-17,19H,18H2,1-2H3,(H,36,39)(H,40,41)/t19-/m0/s1. The maximum absolute atomic E-state index is 13.0. The fraction of sp³-hybridized carbons (Fsp3) is 0.156. The number of amides is 1. The Morgan fingerprint density at radius 1 is 0.976 bits per heavy atom. The van der Waals surface area contributed by atoms with Crippen LogP contribution in [0.15, 0.2) is 91.0 Å². The topological polar surface area (TPSA) is 93.5 Å². The molecule has 5 aromatic rings. The second kappa shape index (κ2) is 11.4. The van der Waals surface area contributed by atoms with Crippen molar-refractivity contribution in [2.75, 3.05) is 0 Å². The summed E-state index contributed by atoms with van der Waals surface area (Å²) >= 11 is 0. The Balaban J connectivity index is 1.31. The lowest BCUT2D eigenvalue weighted by molar-refractivity contribution is -0.274. The van der Waals surface area contributed by atoms with Gasteiger partial charge in [-0.3, -0.25) is 9.48 Å². The highest BCUT2D eigenvalue weighted by molar-refractivity contribution is 5.99. The molecule has 0 radical (unpaired) electrons. The third-order valence-corrected chi connectivity index (χ3v) is 6.89. The molecule has 0 bridgehead atoms. The Morgan fingerprint density at radius 3 is 2.43 bits per heavy atom. The van der Waals surface area contributed by atoms with Gasteiger partial charge < -0.3 is 15.2 Å². The number of ether oxygens (including phenoxy) is 1. The number of hydrogen-bond acceptors (Lipinski definition) is 4. The van der Waals surface area contributed by atoms with E-state index in [-0.39, 0.29) is 17.2 Å². The molecular formula is C32H26F3N3O4. The predicted octanol–water partition coefficient (Wildman–Crippen LogP) is 7.15. The van der Waals surface area contributed by atoms with E-state index >= 15 is 0 Å². The lowest BCUT2D eigenvalue weighted by atomic mass is 9.99. The highest BCUT2D eigenvalue weighted by Gasteiger charge is 2.31. The number of hydrogen-bond donors (Lipinski definition) is 2. The summed E-state index contributed by atoms with van der Waals surface area (Å²) in [5.74, 6) is -1.72. The van der Waals surface area contributed by atoms with E-state index < -0.39 is 18.4 Å². The number of alkyl halides is 3. The van der Waals surface area contributed by atoms with Crippen molar-refractivity contribution in [2.45, 2.75) is 32.8 Å². The summed E-state index contributed by atoms with van der Waals surface area (Å²) in [6.07, 6.45) is -4.81. The summed E-state index contributed by atoms with van der Waals surface area (Å²) in [5.41, 5.74) is 5.04. The fourth-order valence-electron chi connectivity index (χ4n) is 4.83. The number of rotatable bonds is 8. The molecule has 0 spiro atoms. The monoisotopic (exact) mass is 573 g/mol. The van der Waals surface area contributed by atoms with Crippen molar-refractivity contribution < 1.29 is 32.6 Å². The Morgan fingerprint density at radius 2 is 1.71 bits per heavy atom. The third kappa shape index (κ3) is 6.27. The molecule has 0 aliphatic carbocycles. The van der Waals surface area contributed by atoms with Gasteiger partial charge in [-0.2, -0.15) is 5.10 Å². The van der Waals surface area contributed by atoms with Crippen molar-refractivity contribution in [3.63, 3.8) is 0 Å². The van der Waals surface area contributed by atoms with E-state index in [0.29, 0.717) is 23.2 Å². The van der Waals surface area contributed by atoms with Crippen LogP contribution in [-0.4, -0.2) is 33.1 Å². The molecule has 1 amide bonds. The first-order valence-electron chi connectivity index (χ1n) is 13.0. The molecule has 7 nitrogen and oxygen atoms in total. The van der Waals surface area contributed by atoms with Crippen LogP contribution in [0.1, 0.15) is 50.5 Å². The quantitative estimate of drug-likeness (QED) is 0.206. The first-order valence-corrected chi connectivity index (χ1v) is 13.0. The van der Waals surface area contributed by atoms with Crippen LogP contribution in [0.2, 0.25) is 0 Å². The maximum Gasteiger partial charge on any atom is 0.573 e. The Bertz CT molecular complexity index is 1780. The van der Waals surface area contributed by atoms with Crippen LogP contribution in [0.5, 0.6) is 5.75 Å². The molecule has 0 saturated carbocycles. The number of nitrogens with zero attached hydrogens (tertiary/aromatic N) is 2. The number of halogens is 3. The van der Waals surface area contributed by atoms with Crippen molar-refractivity contribution in [1.82, 2.24) is 15.1 Å². The molecule has 0 fully saturated rings. The minimum absolute atomic E-state index is 0.233. The molecule has 0 aliphatic heterocycles. The number of aromatic nitrogens is 2. The van der Waals surface area contributed by atoms with E-state index in [1.807, 2.05) is 41.9 Å². The highest BCUT2D eigenvalue weighted by atomic mass is 19.4. The zero-order valence-corrected chi connectivity index (χ0v) is 22.6. The normalized spacial score (nSPS) is 12.2. The summed E-state index contributed by atoms with van der Waals surface area (Å²) < 4.78 is 43.6. The van der Waals surface area contributed by atoms with Crippen molar-refractivity contribution in [2.24, 2.45) is 0 Å². The van der Waals surface area contributed by atoms with E-state index in [1.54, 1.807) is 49.4 Å². The molecule has 1 atom stereocenters. The van der Waals surface area contributed by atoms with Gasteiger partial charge in [0.05, 0.1) is 29.4 Å². The van der Waals surface area contributed by atoms with Crippen LogP contribution in [-0.2, 0) is 6.54 Å². The molecule has 5 rings (SSSR count). The molecule has 0 unspecified atom stereocenters. The van der Waals surface area contributed by atoms with Crippen LogP contribution >= 0.6 is 0 Å². The SMILES string of the molecule is Cc1nn(Cc2ccc(-c3ccccc3C(=O)O)cc2)c2ccc(C(=O)N[C@@H](C)c3cccc(OC(F)(F)F)c3)cc12. The number of benzene rings is 4. The number of carboxylic acid groups (broad SMARTS) is 1. The molecule has 0 aliphatic rings. The molecule has 1 heterocycles. The zero-order valence-electron chi connectivity index (χ0n) is 22.6. The van der Waals surface area contributed by atoms with Crippen molar-refractivity contribution in [1.29, 1.82) is 0 Å². The number of carboxylic acids is 1. The van der Waals surface area contributed by atoms with Gasteiger partial charge in [-0.25, -0.2) is 4.79 Å². The van der Waals surface area contributed by atoms with Gasteiger partial charge in [0.2, 0.25) is 0 Å². The number of aromatic carboxylic acids is 1. The van der Waals surface area contributed by atoms with E-state index in [4.69, 9.17) is 0 Å². The average molecular weight is 574 g/mol. The number of carbonyl (C=O) groups excluding carboxylic acids is 1. The lowest BCUT2D eigenvalue weighted by Crippen LogP contribution is -2.26. The summed E-state index contributed by atoms with van der Waals surface area (Å²) in [6.45, 7) is 3.99. The van der Waals surface area contributed by atoms with Gasteiger partial charge in [0.25, 0.3) is 5.91 Å². The molecule has 4 aromatic carbocycles. The maximum atomic E-state index is 13.0. The van der Waals surface area contributed by atoms with Gasteiger partial charge in [0, 0.05) is 10.9 Å². The average Bonchev–Trinajstić information content (AvgIpc) is 3.26. The number of fused-ring (bicyclic) bond motifs is 1. The Labute approximate surface area is 239 Å². The first-order chi connectivity index (χ1) is 20.0. The Hall–Kier alpha value is -5.12. The number of aryl methyl sites for hydroxylation is 1.